The number of nitrogens with one attached hydrogen (secondary N) is 2. The number of aromatic nitrogens is 3. The first-order valence-electron chi connectivity index (χ1n) is 9.86. The topological polar surface area (TPSA) is 106 Å². The van der Waals surface area contributed by atoms with Gasteiger partial charge in [0.25, 0.3) is 5.56 Å². The molecule has 7 nitrogen and oxygen atoms in total. The number of likely N-dealkylation sites (tertiary alicyclic amines) is 1. The van der Waals surface area contributed by atoms with Crippen LogP contribution in [-0.2, 0) is 11.2 Å². The number of imidazole rings is 1. The second-order valence-corrected chi connectivity index (χ2v) is 7.55. The van der Waals surface area contributed by atoms with Gasteiger partial charge >= 0.3 is 0 Å². The number of benzene rings is 1. The molecule has 1 saturated heterocycles. The van der Waals surface area contributed by atoms with E-state index in [0.717, 1.165) is 41.0 Å². The molecule has 0 aliphatic carbocycles. The first kappa shape index (κ1) is 18.9. The van der Waals surface area contributed by atoms with Gasteiger partial charge in [-0.05, 0) is 56.4 Å². The number of hydrogen-bond acceptors (Lipinski definition) is 4. The molecule has 1 aromatic carbocycles. The molecule has 4 rings (SSSR count). The zero-order valence-electron chi connectivity index (χ0n) is 16.6. The van der Waals surface area contributed by atoms with E-state index in [4.69, 9.17) is 0 Å². The minimum absolute atomic E-state index is 0.0395. The lowest BCUT2D eigenvalue weighted by atomic mass is 9.99. The van der Waals surface area contributed by atoms with Crippen LogP contribution in [0.15, 0.2) is 29.1 Å². The number of aromatic amines is 2. The summed E-state index contributed by atoms with van der Waals surface area (Å²) < 4.78 is 0. The molecule has 29 heavy (non-hydrogen) atoms. The maximum Gasteiger partial charge on any atom is 0.266 e. The number of carbonyl (C=O) groups excluding carboxylic acids is 1. The molecule has 1 fully saturated rings. The lowest BCUT2D eigenvalue weighted by Crippen LogP contribution is -2.31. The molecule has 1 aliphatic rings. The standard InChI is InChI=1S/C22H23N5O2/c1-13-15(14(2)24-22(29)16(13)12-23)9-10-20(28)27-11-5-8-19(27)21-25-17-6-3-4-7-18(17)26-21/h3-4,6-7,19H,5,8-11H2,1-2H3,(H,24,29)(H,25,26)/t19-/m0/s1. The Morgan fingerprint density at radius 3 is 2.86 bits per heavy atom. The number of nitrogens with zero attached hydrogens (tertiary/aromatic N) is 3. The lowest BCUT2D eigenvalue weighted by Gasteiger charge is -2.23. The molecule has 2 aromatic heterocycles. The third kappa shape index (κ3) is 3.42. The largest absolute Gasteiger partial charge is 0.340 e. The van der Waals surface area contributed by atoms with E-state index in [1.54, 1.807) is 6.92 Å². The minimum Gasteiger partial charge on any atom is -0.340 e. The Morgan fingerprint density at radius 1 is 1.31 bits per heavy atom. The van der Waals surface area contributed by atoms with Crippen molar-refractivity contribution in [3.8, 4) is 6.07 Å². The van der Waals surface area contributed by atoms with Crippen LogP contribution in [0.4, 0.5) is 0 Å². The quantitative estimate of drug-likeness (QED) is 0.715. The number of aryl methyl sites for hydroxylation is 1. The van der Waals surface area contributed by atoms with Crippen LogP contribution in [0.25, 0.3) is 11.0 Å². The van der Waals surface area contributed by atoms with E-state index < -0.39 is 0 Å². The first-order chi connectivity index (χ1) is 14.0. The molecule has 3 aromatic rings. The molecule has 0 saturated carbocycles. The fraction of sp³-hybridized carbons (Fsp3) is 0.364. The van der Waals surface area contributed by atoms with Crippen molar-refractivity contribution < 1.29 is 4.79 Å². The van der Waals surface area contributed by atoms with Gasteiger partial charge in [0.1, 0.15) is 17.5 Å². The van der Waals surface area contributed by atoms with E-state index in [1.165, 1.54) is 0 Å². The van der Waals surface area contributed by atoms with Gasteiger partial charge in [-0.3, -0.25) is 9.59 Å². The van der Waals surface area contributed by atoms with Crippen molar-refractivity contribution in [1.29, 1.82) is 5.26 Å². The van der Waals surface area contributed by atoms with Crippen LogP contribution in [0, 0.1) is 25.2 Å². The van der Waals surface area contributed by atoms with E-state index in [2.05, 4.69) is 15.0 Å². The number of H-pyrrole nitrogens is 2. The average Bonchev–Trinajstić information content (AvgIpc) is 3.34. The third-order valence-corrected chi connectivity index (χ3v) is 5.81. The highest BCUT2D eigenvalue weighted by molar-refractivity contribution is 5.78. The molecule has 0 bridgehead atoms. The van der Waals surface area contributed by atoms with Crippen molar-refractivity contribution in [1.82, 2.24) is 19.9 Å². The van der Waals surface area contributed by atoms with Crippen molar-refractivity contribution >= 4 is 16.9 Å². The number of carbonyl (C=O) groups is 1. The second kappa shape index (κ2) is 7.55. The molecule has 1 atom stereocenters. The monoisotopic (exact) mass is 389 g/mol. The summed E-state index contributed by atoms with van der Waals surface area (Å²) in [5.74, 6) is 0.900. The number of amides is 1. The van der Waals surface area contributed by atoms with Crippen LogP contribution in [0.3, 0.4) is 0 Å². The molecule has 2 N–H and O–H groups in total. The Hall–Kier alpha value is -3.40. The molecular formula is C22H23N5O2. The van der Waals surface area contributed by atoms with Gasteiger partial charge in [-0.25, -0.2) is 4.98 Å². The highest BCUT2D eigenvalue weighted by Crippen LogP contribution is 2.32. The first-order valence-corrected chi connectivity index (χ1v) is 9.86. The van der Waals surface area contributed by atoms with Gasteiger partial charge in [0.15, 0.2) is 0 Å². The number of fused-ring (bicyclic) bond motifs is 1. The van der Waals surface area contributed by atoms with Crippen molar-refractivity contribution in [2.24, 2.45) is 0 Å². The maximum atomic E-state index is 13.0. The molecule has 3 heterocycles. The molecule has 1 aliphatic heterocycles. The Balaban J connectivity index is 1.53. The van der Waals surface area contributed by atoms with Crippen LogP contribution in [0.2, 0.25) is 0 Å². The average molecular weight is 389 g/mol. The van der Waals surface area contributed by atoms with Crippen LogP contribution >= 0.6 is 0 Å². The van der Waals surface area contributed by atoms with Gasteiger partial charge < -0.3 is 14.9 Å². The van der Waals surface area contributed by atoms with Gasteiger partial charge in [-0.2, -0.15) is 5.26 Å². The van der Waals surface area contributed by atoms with Gasteiger partial charge in [-0.15, -0.1) is 0 Å². The smallest absolute Gasteiger partial charge is 0.266 e. The highest BCUT2D eigenvalue weighted by Gasteiger charge is 2.32. The van der Waals surface area contributed by atoms with Crippen molar-refractivity contribution in [3.63, 3.8) is 0 Å². The lowest BCUT2D eigenvalue weighted by molar-refractivity contribution is -0.132. The van der Waals surface area contributed by atoms with Gasteiger partial charge in [-0.1, -0.05) is 12.1 Å². The molecule has 1 amide bonds. The van der Waals surface area contributed by atoms with Crippen LogP contribution in [0.1, 0.15) is 53.5 Å². The number of pyridine rings is 1. The normalized spacial score (nSPS) is 16.3. The predicted octanol–water partition coefficient (Wildman–Crippen LogP) is 3.04. The van der Waals surface area contributed by atoms with E-state index >= 15 is 0 Å². The van der Waals surface area contributed by atoms with Crippen LogP contribution in [0.5, 0.6) is 0 Å². The number of para-hydroxylation sites is 2. The summed E-state index contributed by atoms with van der Waals surface area (Å²) in [5.41, 5.74) is 3.89. The minimum atomic E-state index is -0.373. The molecule has 0 unspecified atom stereocenters. The predicted molar refractivity (Wildman–Crippen MR) is 109 cm³/mol. The fourth-order valence-corrected chi connectivity index (χ4v) is 4.28. The Labute approximate surface area is 168 Å². The second-order valence-electron chi connectivity index (χ2n) is 7.55. The summed E-state index contributed by atoms with van der Waals surface area (Å²) in [6.07, 6.45) is 2.66. The van der Waals surface area contributed by atoms with Crippen molar-refractivity contribution in [2.75, 3.05) is 6.54 Å². The van der Waals surface area contributed by atoms with Crippen LogP contribution < -0.4 is 5.56 Å². The molecule has 148 valence electrons. The van der Waals surface area contributed by atoms with E-state index in [0.29, 0.717) is 24.9 Å². The summed E-state index contributed by atoms with van der Waals surface area (Å²) >= 11 is 0. The van der Waals surface area contributed by atoms with E-state index in [1.807, 2.05) is 42.2 Å². The summed E-state index contributed by atoms with van der Waals surface area (Å²) in [4.78, 5) is 37.6. The third-order valence-electron chi connectivity index (χ3n) is 5.81. The Morgan fingerprint density at radius 2 is 2.10 bits per heavy atom. The SMILES string of the molecule is Cc1[nH]c(=O)c(C#N)c(C)c1CCC(=O)N1CCC[C@H]1c1nc2ccccc2[nH]1. The van der Waals surface area contributed by atoms with Crippen molar-refractivity contribution in [3.05, 3.63) is 62.8 Å². The zero-order valence-corrected chi connectivity index (χ0v) is 16.6. The molecular weight excluding hydrogens is 366 g/mol. The van der Waals surface area contributed by atoms with Gasteiger partial charge in [0, 0.05) is 18.7 Å². The van der Waals surface area contributed by atoms with E-state index in [9.17, 15) is 14.9 Å². The Kier molecular flexibility index (Phi) is 4.93. The summed E-state index contributed by atoms with van der Waals surface area (Å²) in [7, 11) is 0. The van der Waals surface area contributed by atoms with E-state index in [-0.39, 0.29) is 23.1 Å². The van der Waals surface area contributed by atoms with Gasteiger partial charge in [0.05, 0.1) is 17.1 Å². The van der Waals surface area contributed by atoms with Crippen molar-refractivity contribution in [2.45, 2.75) is 45.6 Å². The summed E-state index contributed by atoms with van der Waals surface area (Å²) in [5, 5.41) is 9.23. The Bertz CT molecular complexity index is 1150. The summed E-state index contributed by atoms with van der Waals surface area (Å²) in [6, 6.07) is 9.79. The zero-order chi connectivity index (χ0) is 20.5. The highest BCUT2D eigenvalue weighted by atomic mass is 16.2. The molecule has 7 heteroatoms. The van der Waals surface area contributed by atoms with Gasteiger partial charge in [0.2, 0.25) is 5.91 Å². The maximum absolute atomic E-state index is 13.0. The summed E-state index contributed by atoms with van der Waals surface area (Å²) in [6.45, 7) is 4.30. The van der Waals surface area contributed by atoms with Crippen LogP contribution in [-0.4, -0.2) is 32.3 Å². The molecule has 0 spiro atoms. The number of nitriles is 1. The number of rotatable bonds is 4. The fourth-order valence-electron chi connectivity index (χ4n) is 4.28. The molecule has 0 radical (unpaired) electrons. The number of hydrogen-bond donors (Lipinski definition) is 2.